The minimum absolute atomic E-state index is 0.0214. The number of amides is 2. The van der Waals surface area contributed by atoms with Crippen molar-refractivity contribution in [2.24, 2.45) is 11.1 Å². The van der Waals surface area contributed by atoms with Gasteiger partial charge < -0.3 is 21.1 Å². The molecule has 6 heteroatoms. The van der Waals surface area contributed by atoms with Gasteiger partial charge in [-0.15, -0.1) is 0 Å². The summed E-state index contributed by atoms with van der Waals surface area (Å²) in [7, 11) is 0. The van der Waals surface area contributed by atoms with Gasteiger partial charge in [0.1, 0.15) is 6.61 Å². The van der Waals surface area contributed by atoms with E-state index in [1.807, 2.05) is 6.92 Å². The van der Waals surface area contributed by atoms with Crippen LogP contribution in [0.3, 0.4) is 0 Å². The lowest BCUT2D eigenvalue weighted by atomic mass is 9.83. The Morgan fingerprint density at radius 1 is 1.56 bits per heavy atom. The van der Waals surface area contributed by atoms with Crippen molar-refractivity contribution in [3.8, 4) is 0 Å². The van der Waals surface area contributed by atoms with Crippen LogP contribution in [0.5, 0.6) is 0 Å². The van der Waals surface area contributed by atoms with E-state index in [-0.39, 0.29) is 17.9 Å². The second-order valence-corrected chi connectivity index (χ2v) is 3.98. The van der Waals surface area contributed by atoms with Gasteiger partial charge in [0.15, 0.2) is 0 Å². The molecule has 1 rings (SSSR count). The minimum Gasteiger partial charge on any atom is -0.448 e. The molecule has 1 heterocycles. The maximum Gasteiger partial charge on any atom is 0.404 e. The van der Waals surface area contributed by atoms with Crippen LogP contribution in [0.15, 0.2) is 0 Å². The van der Waals surface area contributed by atoms with E-state index in [9.17, 15) is 9.59 Å². The second kappa shape index (κ2) is 5.69. The molecular formula is C10H19N3O3. The summed E-state index contributed by atoms with van der Waals surface area (Å²) in [6.07, 6.45) is 0.844. The van der Waals surface area contributed by atoms with Crippen LogP contribution in [0.4, 0.5) is 4.79 Å². The topological polar surface area (TPSA) is 93.4 Å². The van der Waals surface area contributed by atoms with Crippen LogP contribution in [0.25, 0.3) is 0 Å². The number of primary amides is 1. The fraction of sp³-hybridized carbons (Fsp3) is 0.800. The van der Waals surface area contributed by atoms with E-state index in [1.54, 1.807) is 0 Å². The number of carbonyl (C=O) groups is 2. The molecule has 2 amide bonds. The first-order valence-electron chi connectivity index (χ1n) is 5.52. The van der Waals surface area contributed by atoms with Crippen LogP contribution in [0, 0.1) is 5.41 Å². The fourth-order valence-corrected chi connectivity index (χ4v) is 1.90. The zero-order valence-electron chi connectivity index (χ0n) is 9.54. The Hall–Kier alpha value is -1.30. The molecule has 1 fully saturated rings. The molecule has 1 aliphatic heterocycles. The molecule has 1 atom stereocenters. The SMILES string of the molecule is CCC1(C(=O)NCCOC(N)=O)CCNC1. The van der Waals surface area contributed by atoms with Crippen molar-refractivity contribution >= 4 is 12.0 Å². The van der Waals surface area contributed by atoms with E-state index >= 15 is 0 Å². The maximum atomic E-state index is 11.9. The van der Waals surface area contributed by atoms with Crippen molar-refractivity contribution in [3.05, 3.63) is 0 Å². The lowest BCUT2D eigenvalue weighted by Gasteiger charge is -2.25. The monoisotopic (exact) mass is 229 g/mol. The van der Waals surface area contributed by atoms with Gasteiger partial charge in [0, 0.05) is 6.54 Å². The summed E-state index contributed by atoms with van der Waals surface area (Å²) in [5, 5.41) is 5.95. The largest absolute Gasteiger partial charge is 0.448 e. The molecule has 92 valence electrons. The summed E-state index contributed by atoms with van der Waals surface area (Å²) in [5.74, 6) is 0.0214. The van der Waals surface area contributed by atoms with Gasteiger partial charge in [-0.3, -0.25) is 4.79 Å². The number of rotatable bonds is 5. The lowest BCUT2D eigenvalue weighted by molar-refractivity contribution is -0.130. The fourth-order valence-electron chi connectivity index (χ4n) is 1.90. The Morgan fingerprint density at radius 3 is 2.81 bits per heavy atom. The first-order valence-corrected chi connectivity index (χ1v) is 5.52. The minimum atomic E-state index is -0.818. The van der Waals surface area contributed by atoms with E-state index < -0.39 is 6.09 Å². The number of hydrogen-bond donors (Lipinski definition) is 3. The number of nitrogens with one attached hydrogen (secondary N) is 2. The van der Waals surface area contributed by atoms with Gasteiger partial charge in [0.25, 0.3) is 0 Å². The quantitative estimate of drug-likeness (QED) is 0.558. The summed E-state index contributed by atoms with van der Waals surface area (Å²) in [6.45, 7) is 4.02. The van der Waals surface area contributed by atoms with E-state index in [0.29, 0.717) is 13.1 Å². The Kier molecular flexibility index (Phi) is 4.54. The molecule has 0 aromatic heterocycles. The number of carbonyl (C=O) groups excluding carboxylic acids is 2. The molecule has 0 saturated carbocycles. The smallest absolute Gasteiger partial charge is 0.404 e. The van der Waals surface area contributed by atoms with Gasteiger partial charge in [0.2, 0.25) is 5.91 Å². The summed E-state index contributed by atoms with van der Waals surface area (Å²) < 4.78 is 4.53. The summed E-state index contributed by atoms with van der Waals surface area (Å²) in [5.41, 5.74) is 4.50. The highest BCUT2D eigenvalue weighted by molar-refractivity contribution is 5.83. The number of hydrogen-bond acceptors (Lipinski definition) is 4. The summed E-state index contributed by atoms with van der Waals surface area (Å²) >= 11 is 0. The highest BCUT2D eigenvalue weighted by Crippen LogP contribution is 2.29. The van der Waals surface area contributed by atoms with Crippen molar-refractivity contribution < 1.29 is 14.3 Å². The summed E-state index contributed by atoms with van der Waals surface area (Å²) in [4.78, 5) is 22.2. The van der Waals surface area contributed by atoms with E-state index in [2.05, 4.69) is 15.4 Å². The zero-order chi connectivity index (χ0) is 12.0. The normalized spacial score (nSPS) is 24.1. The van der Waals surface area contributed by atoms with Gasteiger partial charge in [0.05, 0.1) is 12.0 Å². The average molecular weight is 229 g/mol. The van der Waals surface area contributed by atoms with Gasteiger partial charge >= 0.3 is 6.09 Å². The predicted molar refractivity (Wildman–Crippen MR) is 58.8 cm³/mol. The van der Waals surface area contributed by atoms with Crippen molar-refractivity contribution in [3.63, 3.8) is 0 Å². The van der Waals surface area contributed by atoms with E-state index in [1.165, 1.54) is 0 Å². The van der Waals surface area contributed by atoms with Crippen molar-refractivity contribution in [2.75, 3.05) is 26.2 Å². The summed E-state index contributed by atoms with van der Waals surface area (Å²) in [6, 6.07) is 0. The Balaban J connectivity index is 2.30. The third-order valence-electron chi connectivity index (χ3n) is 3.03. The molecular weight excluding hydrogens is 210 g/mol. The lowest BCUT2D eigenvalue weighted by Crippen LogP contribution is -2.43. The van der Waals surface area contributed by atoms with Crippen LogP contribution in [0.1, 0.15) is 19.8 Å². The molecule has 0 aromatic carbocycles. The molecule has 0 spiro atoms. The van der Waals surface area contributed by atoms with Crippen LogP contribution in [-0.2, 0) is 9.53 Å². The van der Waals surface area contributed by atoms with Gasteiger partial charge in [-0.1, -0.05) is 6.92 Å². The van der Waals surface area contributed by atoms with Crippen LogP contribution >= 0.6 is 0 Å². The standard InChI is InChI=1S/C10H19N3O3/c1-2-10(3-4-12-7-10)8(14)13-5-6-16-9(11)15/h12H,2-7H2,1H3,(H2,11,15)(H,13,14). The molecule has 0 radical (unpaired) electrons. The third-order valence-corrected chi connectivity index (χ3v) is 3.03. The van der Waals surface area contributed by atoms with Gasteiger partial charge in [-0.05, 0) is 19.4 Å². The zero-order valence-corrected chi connectivity index (χ0v) is 9.54. The Morgan fingerprint density at radius 2 is 2.31 bits per heavy atom. The van der Waals surface area contributed by atoms with Crippen molar-refractivity contribution in [2.45, 2.75) is 19.8 Å². The second-order valence-electron chi connectivity index (χ2n) is 3.98. The molecule has 0 aliphatic carbocycles. The first-order chi connectivity index (χ1) is 7.60. The molecule has 4 N–H and O–H groups in total. The maximum absolute atomic E-state index is 11.9. The third kappa shape index (κ3) is 3.10. The van der Waals surface area contributed by atoms with Gasteiger partial charge in [-0.2, -0.15) is 0 Å². The molecule has 1 saturated heterocycles. The van der Waals surface area contributed by atoms with E-state index in [0.717, 1.165) is 19.4 Å². The molecule has 16 heavy (non-hydrogen) atoms. The Labute approximate surface area is 94.9 Å². The van der Waals surface area contributed by atoms with E-state index in [4.69, 9.17) is 5.73 Å². The average Bonchev–Trinajstić information content (AvgIpc) is 2.73. The first kappa shape index (κ1) is 12.8. The van der Waals surface area contributed by atoms with Crippen LogP contribution in [0.2, 0.25) is 0 Å². The molecule has 0 aromatic rings. The molecule has 1 unspecified atom stereocenters. The Bertz CT molecular complexity index is 262. The molecule has 6 nitrogen and oxygen atoms in total. The van der Waals surface area contributed by atoms with Crippen molar-refractivity contribution in [1.29, 1.82) is 0 Å². The van der Waals surface area contributed by atoms with Crippen LogP contribution < -0.4 is 16.4 Å². The molecule has 0 bridgehead atoms. The van der Waals surface area contributed by atoms with Crippen LogP contribution in [-0.4, -0.2) is 38.2 Å². The molecule has 1 aliphatic rings. The highest BCUT2D eigenvalue weighted by atomic mass is 16.5. The predicted octanol–water partition coefficient (Wildman–Crippen LogP) is -0.412. The highest BCUT2D eigenvalue weighted by Gasteiger charge is 2.39. The number of nitrogens with two attached hydrogens (primary N) is 1. The number of ether oxygens (including phenoxy) is 1. The van der Waals surface area contributed by atoms with Gasteiger partial charge in [-0.25, -0.2) is 4.79 Å². The van der Waals surface area contributed by atoms with Crippen molar-refractivity contribution in [1.82, 2.24) is 10.6 Å².